The van der Waals surface area contributed by atoms with Crippen LogP contribution >= 0.6 is 23.4 Å². The zero-order valence-electron chi connectivity index (χ0n) is 13.7. The number of hydrogen-bond donors (Lipinski definition) is 2. The highest BCUT2D eigenvalue weighted by Crippen LogP contribution is 2.40. The van der Waals surface area contributed by atoms with E-state index in [0.717, 1.165) is 18.7 Å². The van der Waals surface area contributed by atoms with Gasteiger partial charge in [0.25, 0.3) is 0 Å². The lowest BCUT2D eigenvalue weighted by molar-refractivity contribution is -0.118. The summed E-state index contributed by atoms with van der Waals surface area (Å²) in [5, 5.41) is 11.5. The number of amides is 2. The van der Waals surface area contributed by atoms with E-state index in [1.165, 1.54) is 30.0 Å². The molecule has 2 aromatic rings. The molecule has 0 bridgehead atoms. The molecule has 0 atom stereocenters. The van der Waals surface area contributed by atoms with Crippen LogP contribution in [0.3, 0.4) is 0 Å². The van der Waals surface area contributed by atoms with Crippen LogP contribution in [0.15, 0.2) is 23.4 Å². The van der Waals surface area contributed by atoms with Gasteiger partial charge in [-0.25, -0.2) is 4.39 Å². The Morgan fingerprint density at radius 2 is 2.15 bits per heavy atom. The molecule has 7 nitrogen and oxygen atoms in total. The van der Waals surface area contributed by atoms with Crippen LogP contribution in [0.1, 0.15) is 31.0 Å². The molecular formula is C16H17ClFN5O2S. The first-order valence-corrected chi connectivity index (χ1v) is 9.39. The van der Waals surface area contributed by atoms with Crippen molar-refractivity contribution in [1.29, 1.82) is 0 Å². The van der Waals surface area contributed by atoms with E-state index in [1.807, 2.05) is 4.57 Å². The molecule has 1 fully saturated rings. The van der Waals surface area contributed by atoms with E-state index in [9.17, 15) is 14.0 Å². The molecule has 1 aliphatic rings. The molecule has 2 amide bonds. The fourth-order valence-electron chi connectivity index (χ4n) is 2.38. The van der Waals surface area contributed by atoms with Gasteiger partial charge in [0, 0.05) is 24.6 Å². The van der Waals surface area contributed by atoms with Crippen molar-refractivity contribution in [3.63, 3.8) is 0 Å². The second-order valence-corrected chi connectivity index (χ2v) is 7.30. The maximum atomic E-state index is 13.2. The van der Waals surface area contributed by atoms with E-state index >= 15 is 0 Å². The molecule has 3 rings (SSSR count). The predicted molar refractivity (Wildman–Crippen MR) is 96.6 cm³/mol. The number of hydrogen-bond acceptors (Lipinski definition) is 5. The Kier molecular flexibility index (Phi) is 5.77. The molecule has 10 heteroatoms. The highest BCUT2D eigenvalue weighted by molar-refractivity contribution is 7.99. The number of nitrogens with two attached hydrogens (primary N) is 1. The van der Waals surface area contributed by atoms with Crippen molar-refractivity contribution in [1.82, 2.24) is 14.8 Å². The van der Waals surface area contributed by atoms with Crippen LogP contribution < -0.4 is 11.1 Å². The molecule has 0 radical (unpaired) electrons. The number of carbonyl (C=O) groups is 2. The number of carbonyl (C=O) groups excluding carboxylic acids is 2. The average Bonchev–Trinajstić information content (AvgIpc) is 3.35. The maximum absolute atomic E-state index is 13.2. The van der Waals surface area contributed by atoms with Crippen molar-refractivity contribution in [2.75, 3.05) is 11.1 Å². The van der Waals surface area contributed by atoms with Crippen LogP contribution in [0.4, 0.5) is 10.1 Å². The summed E-state index contributed by atoms with van der Waals surface area (Å²) in [7, 11) is 0. The summed E-state index contributed by atoms with van der Waals surface area (Å²) < 4.78 is 15.0. The van der Waals surface area contributed by atoms with Gasteiger partial charge in [0.05, 0.1) is 10.8 Å². The largest absolute Gasteiger partial charge is 0.370 e. The Labute approximate surface area is 158 Å². The third-order valence-corrected chi connectivity index (χ3v) is 5.06. The third kappa shape index (κ3) is 4.73. The summed E-state index contributed by atoms with van der Waals surface area (Å²) in [6.07, 6.45) is 2.28. The summed E-state index contributed by atoms with van der Waals surface area (Å²) >= 11 is 6.92. The van der Waals surface area contributed by atoms with Gasteiger partial charge in [-0.15, -0.1) is 10.2 Å². The summed E-state index contributed by atoms with van der Waals surface area (Å²) in [6, 6.07) is 3.97. The molecule has 0 saturated heterocycles. The zero-order chi connectivity index (χ0) is 18.7. The fraction of sp³-hybridized carbons (Fsp3) is 0.375. The highest BCUT2D eigenvalue weighted by Gasteiger charge is 2.30. The average molecular weight is 398 g/mol. The molecule has 1 heterocycles. The van der Waals surface area contributed by atoms with E-state index in [-0.39, 0.29) is 23.1 Å². The number of aromatic nitrogens is 3. The van der Waals surface area contributed by atoms with Gasteiger partial charge in [0.1, 0.15) is 11.6 Å². The first-order valence-electron chi connectivity index (χ1n) is 8.03. The summed E-state index contributed by atoms with van der Waals surface area (Å²) in [4.78, 5) is 23.2. The molecule has 0 unspecified atom stereocenters. The molecule has 0 aliphatic heterocycles. The number of rotatable bonds is 8. The maximum Gasteiger partial charge on any atom is 0.234 e. The molecule has 3 N–H and O–H groups in total. The Hall–Kier alpha value is -2.13. The monoisotopic (exact) mass is 397 g/mol. The van der Waals surface area contributed by atoms with Crippen molar-refractivity contribution in [2.45, 2.75) is 36.9 Å². The zero-order valence-corrected chi connectivity index (χ0v) is 15.3. The van der Waals surface area contributed by atoms with Gasteiger partial charge in [-0.3, -0.25) is 9.59 Å². The van der Waals surface area contributed by atoms with Gasteiger partial charge in [-0.2, -0.15) is 0 Å². The normalized spacial score (nSPS) is 13.6. The highest BCUT2D eigenvalue weighted by atomic mass is 35.5. The molecular weight excluding hydrogens is 381 g/mol. The van der Waals surface area contributed by atoms with Crippen molar-refractivity contribution in [2.24, 2.45) is 5.73 Å². The molecule has 1 aliphatic carbocycles. The second kappa shape index (κ2) is 8.05. The van der Waals surface area contributed by atoms with Gasteiger partial charge < -0.3 is 15.6 Å². The second-order valence-electron chi connectivity index (χ2n) is 5.95. The van der Waals surface area contributed by atoms with Crippen LogP contribution in [0.2, 0.25) is 5.02 Å². The Balaban J connectivity index is 1.62. The quantitative estimate of drug-likeness (QED) is 0.666. The lowest BCUT2D eigenvalue weighted by Crippen LogP contribution is -2.17. The van der Waals surface area contributed by atoms with Crippen molar-refractivity contribution in [3.05, 3.63) is 34.9 Å². The van der Waals surface area contributed by atoms with Crippen LogP contribution in [0, 0.1) is 5.82 Å². The first kappa shape index (κ1) is 18.7. The number of anilines is 1. The first-order chi connectivity index (χ1) is 12.4. The minimum atomic E-state index is -0.547. The Morgan fingerprint density at radius 1 is 1.38 bits per heavy atom. The molecule has 138 valence electrons. The number of primary amides is 1. The van der Waals surface area contributed by atoms with Crippen LogP contribution in [0.25, 0.3) is 0 Å². The Morgan fingerprint density at radius 3 is 2.81 bits per heavy atom. The van der Waals surface area contributed by atoms with E-state index in [4.69, 9.17) is 17.3 Å². The van der Waals surface area contributed by atoms with Crippen molar-refractivity contribution >= 4 is 40.9 Å². The molecule has 1 aromatic carbocycles. The molecule has 1 aromatic heterocycles. The number of halogens is 2. The van der Waals surface area contributed by atoms with Gasteiger partial charge in [-0.1, -0.05) is 23.4 Å². The lowest BCUT2D eigenvalue weighted by atomic mass is 10.3. The van der Waals surface area contributed by atoms with Gasteiger partial charge in [-0.05, 0) is 31.0 Å². The minimum Gasteiger partial charge on any atom is -0.370 e. The third-order valence-electron chi connectivity index (χ3n) is 3.81. The smallest absolute Gasteiger partial charge is 0.234 e. The van der Waals surface area contributed by atoms with Crippen LogP contribution in [0.5, 0.6) is 0 Å². The number of thioether (sulfide) groups is 1. The van der Waals surface area contributed by atoms with Gasteiger partial charge >= 0.3 is 0 Å². The van der Waals surface area contributed by atoms with Crippen molar-refractivity contribution in [3.8, 4) is 0 Å². The van der Waals surface area contributed by atoms with Gasteiger partial charge in [0.2, 0.25) is 11.8 Å². The SMILES string of the molecule is NC(=O)CCn1c(SCC(=O)Nc2ccc(F)c(Cl)c2)nnc1C1CC1. The summed E-state index contributed by atoms with van der Waals surface area (Å²) in [6.45, 7) is 0.395. The lowest BCUT2D eigenvalue weighted by Gasteiger charge is -2.09. The number of nitrogens with zero attached hydrogens (tertiary/aromatic N) is 3. The number of benzene rings is 1. The van der Waals surface area contributed by atoms with Gasteiger partial charge in [0.15, 0.2) is 5.16 Å². The number of nitrogens with one attached hydrogen (secondary N) is 1. The summed E-state index contributed by atoms with van der Waals surface area (Å²) in [5.41, 5.74) is 5.64. The molecule has 1 saturated carbocycles. The fourth-order valence-corrected chi connectivity index (χ4v) is 3.34. The molecule has 26 heavy (non-hydrogen) atoms. The topological polar surface area (TPSA) is 103 Å². The van der Waals surface area contributed by atoms with Crippen molar-refractivity contribution < 1.29 is 14.0 Å². The van der Waals surface area contributed by atoms with Crippen LogP contribution in [-0.4, -0.2) is 32.3 Å². The van der Waals surface area contributed by atoms with E-state index in [1.54, 1.807) is 0 Å². The standard InChI is InChI=1S/C16H17ClFN5O2S/c17-11-7-10(3-4-12(11)18)20-14(25)8-26-16-22-21-15(9-1-2-9)23(16)6-5-13(19)24/h3-4,7,9H,1-2,5-6,8H2,(H2,19,24)(H,20,25). The Bertz CT molecular complexity index is 840. The van der Waals surface area contributed by atoms with Crippen LogP contribution in [-0.2, 0) is 16.1 Å². The van der Waals surface area contributed by atoms with E-state index in [0.29, 0.717) is 23.3 Å². The minimum absolute atomic E-state index is 0.0595. The predicted octanol–water partition coefficient (Wildman–Crippen LogP) is 2.55. The summed E-state index contributed by atoms with van der Waals surface area (Å²) in [5.74, 6) is 0.0555. The van der Waals surface area contributed by atoms with E-state index < -0.39 is 11.7 Å². The van der Waals surface area contributed by atoms with E-state index in [2.05, 4.69) is 15.5 Å². The molecule has 0 spiro atoms.